The molecular formula is C11H4F2N4. The average Bonchev–Trinajstić information content (AvgIpc) is 2.27. The van der Waals surface area contributed by atoms with Crippen LogP contribution in [0.4, 0.5) is 14.5 Å². The number of hydrogen-bond donors (Lipinski definition) is 1. The second-order valence-electron chi connectivity index (χ2n) is 2.87. The standard InChI is InChI=1S/C11H4F2N4/c12-8-1-9(13)3-10(2-8)17-11(6-16)7(4-14)5-15/h1-3,17H. The Kier molecular flexibility index (Phi) is 3.76. The molecule has 82 valence electrons. The van der Waals surface area contributed by atoms with Crippen LogP contribution >= 0.6 is 0 Å². The summed E-state index contributed by atoms with van der Waals surface area (Å²) in [6, 6.07) is 7.10. The van der Waals surface area contributed by atoms with E-state index in [0.29, 0.717) is 6.07 Å². The first kappa shape index (κ1) is 12.2. The molecule has 0 amide bonds. The third-order valence-electron chi connectivity index (χ3n) is 1.72. The number of rotatable bonds is 2. The highest BCUT2D eigenvalue weighted by Crippen LogP contribution is 2.15. The van der Waals surface area contributed by atoms with E-state index in [1.807, 2.05) is 0 Å². The maximum atomic E-state index is 12.8. The van der Waals surface area contributed by atoms with Gasteiger partial charge in [0.05, 0.1) is 0 Å². The van der Waals surface area contributed by atoms with Crippen molar-refractivity contribution < 1.29 is 8.78 Å². The first-order valence-corrected chi connectivity index (χ1v) is 4.28. The first-order chi connectivity index (χ1) is 8.10. The van der Waals surface area contributed by atoms with Crippen LogP contribution in [0.5, 0.6) is 0 Å². The molecule has 1 aromatic carbocycles. The molecule has 0 aromatic heterocycles. The van der Waals surface area contributed by atoms with Gasteiger partial charge in [0.2, 0.25) is 0 Å². The topological polar surface area (TPSA) is 83.4 Å². The van der Waals surface area contributed by atoms with Gasteiger partial charge >= 0.3 is 0 Å². The van der Waals surface area contributed by atoms with Crippen LogP contribution in [0.2, 0.25) is 0 Å². The van der Waals surface area contributed by atoms with E-state index in [9.17, 15) is 8.78 Å². The fraction of sp³-hybridized carbons (Fsp3) is 0. The highest BCUT2D eigenvalue weighted by molar-refractivity contribution is 5.58. The summed E-state index contributed by atoms with van der Waals surface area (Å²) < 4.78 is 25.7. The van der Waals surface area contributed by atoms with Crippen molar-refractivity contribution in [2.45, 2.75) is 0 Å². The summed E-state index contributed by atoms with van der Waals surface area (Å²) >= 11 is 0. The Hall–Kier alpha value is -2.91. The summed E-state index contributed by atoms with van der Waals surface area (Å²) in [5.41, 5.74) is -0.876. The zero-order valence-electron chi connectivity index (χ0n) is 8.33. The van der Waals surface area contributed by atoms with Crippen molar-refractivity contribution in [3.63, 3.8) is 0 Å². The maximum absolute atomic E-state index is 12.8. The number of benzene rings is 1. The van der Waals surface area contributed by atoms with Gasteiger partial charge in [0, 0.05) is 11.8 Å². The van der Waals surface area contributed by atoms with E-state index in [1.165, 1.54) is 12.1 Å². The van der Waals surface area contributed by atoms with Crippen LogP contribution in [0.15, 0.2) is 29.5 Å². The first-order valence-electron chi connectivity index (χ1n) is 4.28. The van der Waals surface area contributed by atoms with Gasteiger partial charge in [-0.3, -0.25) is 0 Å². The summed E-state index contributed by atoms with van der Waals surface area (Å²) in [6.45, 7) is 0. The van der Waals surface area contributed by atoms with Gasteiger partial charge in [0.1, 0.15) is 35.5 Å². The molecule has 0 bridgehead atoms. The lowest BCUT2D eigenvalue weighted by Gasteiger charge is -2.04. The lowest BCUT2D eigenvalue weighted by Crippen LogP contribution is -2.01. The Balaban J connectivity index is 3.15. The molecule has 1 aromatic rings. The van der Waals surface area contributed by atoms with Crippen molar-refractivity contribution in [2.75, 3.05) is 5.32 Å². The third-order valence-corrected chi connectivity index (χ3v) is 1.72. The molecule has 4 nitrogen and oxygen atoms in total. The molecule has 0 saturated carbocycles. The molecular weight excluding hydrogens is 226 g/mol. The third kappa shape index (κ3) is 3.02. The minimum atomic E-state index is -0.833. The maximum Gasteiger partial charge on any atom is 0.163 e. The van der Waals surface area contributed by atoms with Crippen LogP contribution in [-0.4, -0.2) is 0 Å². The summed E-state index contributed by atoms with van der Waals surface area (Å²) in [5.74, 6) is -1.67. The van der Waals surface area contributed by atoms with Crippen molar-refractivity contribution in [3.8, 4) is 18.2 Å². The number of hydrogen-bond acceptors (Lipinski definition) is 4. The SMILES string of the molecule is N#CC(C#N)=C(C#N)Nc1cc(F)cc(F)c1. The van der Waals surface area contributed by atoms with Crippen LogP contribution in [0.3, 0.4) is 0 Å². The minimum absolute atomic E-state index is 0.0537. The van der Waals surface area contributed by atoms with E-state index < -0.39 is 17.2 Å². The van der Waals surface area contributed by atoms with E-state index in [1.54, 1.807) is 6.07 Å². The van der Waals surface area contributed by atoms with E-state index in [0.717, 1.165) is 12.1 Å². The van der Waals surface area contributed by atoms with Crippen LogP contribution in [-0.2, 0) is 0 Å². The molecule has 0 heterocycles. The molecule has 0 fully saturated rings. The monoisotopic (exact) mass is 230 g/mol. The van der Waals surface area contributed by atoms with E-state index in [2.05, 4.69) is 5.32 Å². The normalized spacial score (nSPS) is 8.41. The number of allylic oxidation sites excluding steroid dienone is 2. The predicted molar refractivity (Wildman–Crippen MR) is 53.8 cm³/mol. The van der Waals surface area contributed by atoms with Crippen LogP contribution in [0, 0.1) is 45.6 Å². The van der Waals surface area contributed by atoms with Crippen LogP contribution < -0.4 is 5.32 Å². The summed E-state index contributed by atoms with van der Waals surface area (Å²) in [6.07, 6.45) is 0. The van der Waals surface area contributed by atoms with Crippen molar-refractivity contribution in [3.05, 3.63) is 41.1 Å². The van der Waals surface area contributed by atoms with Gasteiger partial charge in [-0.1, -0.05) is 0 Å². The minimum Gasteiger partial charge on any atom is -0.345 e. The highest BCUT2D eigenvalue weighted by Gasteiger charge is 2.07. The molecule has 0 spiro atoms. The number of nitrogens with zero attached hydrogens (tertiary/aromatic N) is 3. The molecule has 1 rings (SSSR count). The fourth-order valence-electron chi connectivity index (χ4n) is 1.05. The summed E-state index contributed by atoms with van der Waals surface area (Å²) in [5, 5.41) is 28.1. The Morgan fingerprint density at radius 2 is 1.47 bits per heavy atom. The quantitative estimate of drug-likeness (QED) is 0.789. The number of nitrogens with one attached hydrogen (secondary N) is 1. The number of halogens is 2. The molecule has 0 aliphatic rings. The van der Waals surface area contributed by atoms with Crippen molar-refractivity contribution in [1.29, 1.82) is 15.8 Å². The van der Waals surface area contributed by atoms with Gasteiger partial charge in [0.25, 0.3) is 0 Å². The zero-order valence-corrected chi connectivity index (χ0v) is 8.33. The smallest absolute Gasteiger partial charge is 0.163 e. The Morgan fingerprint density at radius 1 is 0.941 bits per heavy atom. The Bertz CT molecular complexity index is 563. The largest absolute Gasteiger partial charge is 0.345 e. The molecule has 6 heteroatoms. The zero-order chi connectivity index (χ0) is 12.8. The highest BCUT2D eigenvalue weighted by atomic mass is 19.1. The van der Waals surface area contributed by atoms with E-state index in [-0.39, 0.29) is 11.4 Å². The molecule has 0 saturated heterocycles. The second-order valence-corrected chi connectivity index (χ2v) is 2.87. The lowest BCUT2D eigenvalue weighted by atomic mass is 10.2. The number of anilines is 1. The summed E-state index contributed by atoms with van der Waals surface area (Å²) in [4.78, 5) is 0. The average molecular weight is 230 g/mol. The van der Waals surface area contributed by atoms with Crippen LogP contribution in [0.1, 0.15) is 0 Å². The van der Waals surface area contributed by atoms with Crippen molar-refractivity contribution >= 4 is 5.69 Å². The lowest BCUT2D eigenvalue weighted by molar-refractivity contribution is 0.584. The van der Waals surface area contributed by atoms with Gasteiger partial charge in [-0.2, -0.15) is 15.8 Å². The second kappa shape index (κ2) is 5.25. The summed E-state index contributed by atoms with van der Waals surface area (Å²) in [7, 11) is 0. The van der Waals surface area contributed by atoms with Gasteiger partial charge in [0.15, 0.2) is 5.57 Å². The molecule has 0 aliphatic carbocycles. The molecule has 0 radical (unpaired) electrons. The van der Waals surface area contributed by atoms with Gasteiger partial charge in [-0.15, -0.1) is 0 Å². The Labute approximate surface area is 95.6 Å². The molecule has 0 aliphatic heterocycles. The van der Waals surface area contributed by atoms with E-state index in [4.69, 9.17) is 15.8 Å². The van der Waals surface area contributed by atoms with Crippen LogP contribution in [0.25, 0.3) is 0 Å². The molecule has 0 atom stereocenters. The molecule has 0 unspecified atom stereocenters. The van der Waals surface area contributed by atoms with E-state index >= 15 is 0 Å². The predicted octanol–water partition coefficient (Wildman–Crippen LogP) is 2.20. The molecule has 17 heavy (non-hydrogen) atoms. The van der Waals surface area contributed by atoms with Crippen molar-refractivity contribution in [2.24, 2.45) is 0 Å². The Morgan fingerprint density at radius 3 is 1.88 bits per heavy atom. The van der Waals surface area contributed by atoms with Gasteiger partial charge in [-0.25, -0.2) is 8.78 Å². The van der Waals surface area contributed by atoms with Gasteiger partial charge in [-0.05, 0) is 12.1 Å². The fourth-order valence-corrected chi connectivity index (χ4v) is 1.05. The molecule has 1 N–H and O–H groups in total. The van der Waals surface area contributed by atoms with Gasteiger partial charge < -0.3 is 5.32 Å². The van der Waals surface area contributed by atoms with Crippen molar-refractivity contribution in [1.82, 2.24) is 0 Å². The number of nitriles is 3.